The van der Waals surface area contributed by atoms with E-state index in [1.165, 1.54) is 0 Å². The van der Waals surface area contributed by atoms with E-state index in [-0.39, 0.29) is 10.7 Å². The molecule has 0 bridgehead atoms. The zero-order valence-electron chi connectivity index (χ0n) is 11.7. The summed E-state index contributed by atoms with van der Waals surface area (Å²) in [4.78, 5) is 14.7. The summed E-state index contributed by atoms with van der Waals surface area (Å²) in [5.74, 6) is 1.89. The van der Waals surface area contributed by atoms with Crippen LogP contribution in [0.2, 0.25) is 0 Å². The van der Waals surface area contributed by atoms with E-state index in [0.717, 1.165) is 25.3 Å². The number of thioether (sulfide) groups is 1. The van der Waals surface area contributed by atoms with E-state index in [0.29, 0.717) is 18.6 Å². The molecular weight excluding hydrogens is 262 g/mol. The molecule has 0 amide bonds. The van der Waals surface area contributed by atoms with E-state index in [1.807, 2.05) is 18.7 Å². The first kappa shape index (κ1) is 14.2. The molecule has 1 aliphatic heterocycles. The van der Waals surface area contributed by atoms with Crippen LogP contribution in [0.15, 0.2) is 0 Å². The zero-order chi connectivity index (χ0) is 13.9. The van der Waals surface area contributed by atoms with Gasteiger partial charge in [0, 0.05) is 23.6 Å². The fraction of sp³-hybridized carbons (Fsp3) is 0.750. The summed E-state index contributed by atoms with van der Waals surface area (Å²) in [6.45, 7) is 8.89. The summed E-state index contributed by atoms with van der Waals surface area (Å²) in [5, 5.41) is 0. The van der Waals surface area contributed by atoms with Gasteiger partial charge in [-0.25, -0.2) is 0 Å². The highest BCUT2D eigenvalue weighted by Crippen LogP contribution is 2.31. The molecule has 1 aromatic heterocycles. The second kappa shape index (κ2) is 5.81. The van der Waals surface area contributed by atoms with Gasteiger partial charge in [0.25, 0.3) is 0 Å². The molecule has 19 heavy (non-hydrogen) atoms. The highest BCUT2D eigenvalue weighted by atomic mass is 32.2. The number of hydrogen-bond acceptors (Lipinski definition) is 7. The summed E-state index contributed by atoms with van der Waals surface area (Å²) in [7, 11) is 0. The molecule has 0 radical (unpaired) electrons. The number of anilines is 2. The topological polar surface area (TPSA) is 77.2 Å². The summed E-state index contributed by atoms with van der Waals surface area (Å²) in [6.07, 6.45) is 0.911. The second-order valence-electron chi connectivity index (χ2n) is 5.15. The highest BCUT2D eigenvalue weighted by Gasteiger charge is 2.28. The van der Waals surface area contributed by atoms with E-state index < -0.39 is 0 Å². The molecule has 2 heterocycles. The largest absolute Gasteiger partial charge is 0.463 e. The van der Waals surface area contributed by atoms with Gasteiger partial charge >= 0.3 is 6.01 Å². The van der Waals surface area contributed by atoms with Crippen molar-refractivity contribution in [3.05, 3.63) is 0 Å². The Bertz CT molecular complexity index is 440. The molecule has 1 saturated heterocycles. The van der Waals surface area contributed by atoms with Crippen LogP contribution in [0.5, 0.6) is 6.01 Å². The summed E-state index contributed by atoms with van der Waals surface area (Å²) < 4.78 is 5.64. The molecule has 0 atom stereocenters. The molecule has 0 aromatic carbocycles. The van der Waals surface area contributed by atoms with Crippen LogP contribution in [0, 0.1) is 0 Å². The monoisotopic (exact) mass is 283 g/mol. The van der Waals surface area contributed by atoms with E-state index in [1.54, 1.807) is 0 Å². The lowest BCUT2D eigenvalue weighted by molar-refractivity contribution is 0.292. The van der Waals surface area contributed by atoms with Gasteiger partial charge in [0.15, 0.2) is 0 Å². The lowest BCUT2D eigenvalue weighted by Gasteiger charge is -2.37. The summed E-state index contributed by atoms with van der Waals surface area (Å²) >= 11 is 1.97. The molecule has 1 aromatic rings. The number of hydrogen-bond donors (Lipinski definition) is 1. The second-order valence-corrected chi connectivity index (χ2v) is 6.96. The number of nitrogens with two attached hydrogens (primary N) is 1. The fourth-order valence-corrected chi connectivity index (χ4v) is 3.06. The van der Waals surface area contributed by atoms with Gasteiger partial charge in [0.05, 0.1) is 6.61 Å². The van der Waals surface area contributed by atoms with Crippen molar-refractivity contribution < 1.29 is 4.74 Å². The normalized spacial score (nSPS) is 18.4. The molecule has 106 valence electrons. The van der Waals surface area contributed by atoms with Crippen LogP contribution in [-0.4, -0.2) is 45.1 Å². The first-order valence-corrected chi connectivity index (χ1v) is 7.52. The SMILES string of the molecule is CCCOc1nc(N)nc(N2CCSC(C)(C)C2)n1. The van der Waals surface area contributed by atoms with Gasteiger partial charge < -0.3 is 15.4 Å². The van der Waals surface area contributed by atoms with Crippen LogP contribution in [0.25, 0.3) is 0 Å². The quantitative estimate of drug-likeness (QED) is 0.898. The van der Waals surface area contributed by atoms with Gasteiger partial charge in [0.1, 0.15) is 0 Å². The molecule has 1 aliphatic rings. The van der Waals surface area contributed by atoms with Crippen molar-refractivity contribution in [3.63, 3.8) is 0 Å². The van der Waals surface area contributed by atoms with Crippen LogP contribution in [-0.2, 0) is 0 Å². The Kier molecular flexibility index (Phi) is 4.34. The smallest absolute Gasteiger partial charge is 0.323 e. The third-order valence-corrected chi connectivity index (χ3v) is 4.06. The van der Waals surface area contributed by atoms with E-state index in [4.69, 9.17) is 10.5 Å². The molecule has 6 nitrogen and oxygen atoms in total. The Morgan fingerprint density at radius 1 is 1.37 bits per heavy atom. The molecule has 0 unspecified atom stereocenters. The number of nitrogen functional groups attached to an aromatic ring is 1. The molecular formula is C12H21N5OS. The maximum Gasteiger partial charge on any atom is 0.323 e. The van der Waals surface area contributed by atoms with Gasteiger partial charge in [-0.1, -0.05) is 6.92 Å². The predicted molar refractivity (Wildman–Crippen MR) is 78.8 cm³/mol. The highest BCUT2D eigenvalue weighted by molar-refractivity contribution is 8.00. The molecule has 0 saturated carbocycles. The first-order valence-electron chi connectivity index (χ1n) is 6.53. The Balaban J connectivity index is 2.16. The van der Waals surface area contributed by atoms with Gasteiger partial charge in [0.2, 0.25) is 11.9 Å². The Labute approximate surface area is 118 Å². The summed E-state index contributed by atoms with van der Waals surface area (Å²) in [5.41, 5.74) is 5.73. The average molecular weight is 283 g/mol. The van der Waals surface area contributed by atoms with Crippen molar-refractivity contribution >= 4 is 23.7 Å². The van der Waals surface area contributed by atoms with Gasteiger partial charge in [-0.2, -0.15) is 26.7 Å². The van der Waals surface area contributed by atoms with Gasteiger partial charge in [-0.3, -0.25) is 0 Å². The Morgan fingerprint density at radius 3 is 2.84 bits per heavy atom. The average Bonchev–Trinajstić information content (AvgIpc) is 2.34. The minimum atomic E-state index is 0.198. The van der Waals surface area contributed by atoms with Crippen molar-refractivity contribution in [2.45, 2.75) is 31.9 Å². The molecule has 2 rings (SSSR count). The van der Waals surface area contributed by atoms with Crippen molar-refractivity contribution in [3.8, 4) is 6.01 Å². The van der Waals surface area contributed by atoms with Crippen molar-refractivity contribution in [1.29, 1.82) is 0 Å². The maximum absolute atomic E-state index is 5.73. The lowest BCUT2D eigenvalue weighted by atomic mass is 10.2. The molecule has 0 spiro atoms. The number of nitrogens with zero attached hydrogens (tertiary/aromatic N) is 4. The molecule has 0 aliphatic carbocycles. The van der Waals surface area contributed by atoms with Gasteiger partial charge in [-0.15, -0.1) is 0 Å². The molecule has 1 fully saturated rings. The van der Waals surface area contributed by atoms with Crippen molar-refractivity contribution in [1.82, 2.24) is 15.0 Å². The number of rotatable bonds is 4. The minimum Gasteiger partial charge on any atom is -0.463 e. The van der Waals surface area contributed by atoms with Crippen LogP contribution in [0.1, 0.15) is 27.2 Å². The molecule has 7 heteroatoms. The van der Waals surface area contributed by atoms with Crippen LogP contribution < -0.4 is 15.4 Å². The third-order valence-electron chi connectivity index (χ3n) is 2.76. The zero-order valence-corrected chi connectivity index (χ0v) is 12.5. The van der Waals surface area contributed by atoms with Crippen LogP contribution in [0.4, 0.5) is 11.9 Å². The first-order chi connectivity index (χ1) is 9.00. The van der Waals surface area contributed by atoms with Crippen LogP contribution >= 0.6 is 11.8 Å². The number of aromatic nitrogens is 3. The maximum atomic E-state index is 5.73. The van der Waals surface area contributed by atoms with E-state index in [2.05, 4.69) is 33.7 Å². The Morgan fingerprint density at radius 2 is 2.16 bits per heavy atom. The van der Waals surface area contributed by atoms with E-state index in [9.17, 15) is 0 Å². The Hall–Kier alpha value is -1.24. The third kappa shape index (κ3) is 3.86. The molecule has 2 N–H and O–H groups in total. The fourth-order valence-electron chi connectivity index (χ4n) is 1.95. The van der Waals surface area contributed by atoms with Crippen LogP contribution in [0.3, 0.4) is 0 Å². The van der Waals surface area contributed by atoms with E-state index >= 15 is 0 Å². The predicted octanol–water partition coefficient (Wildman–Crippen LogP) is 1.57. The standard InChI is InChI=1S/C12H21N5OS/c1-4-6-18-11-15-9(13)14-10(16-11)17-5-7-19-12(2,3)8-17/h4-8H2,1-3H3,(H2,13,14,15,16). The van der Waals surface area contributed by atoms with Crippen molar-refractivity contribution in [2.75, 3.05) is 36.1 Å². The van der Waals surface area contributed by atoms with Crippen molar-refractivity contribution in [2.24, 2.45) is 0 Å². The summed E-state index contributed by atoms with van der Waals surface area (Å²) in [6, 6.07) is 0.320. The lowest BCUT2D eigenvalue weighted by Crippen LogP contribution is -2.44. The van der Waals surface area contributed by atoms with Gasteiger partial charge in [-0.05, 0) is 20.3 Å². The number of ether oxygens (including phenoxy) is 1. The minimum absolute atomic E-state index is 0.198.